The Labute approximate surface area is 152 Å². The summed E-state index contributed by atoms with van der Waals surface area (Å²) in [7, 11) is -2.96. The number of hydrogen-bond donors (Lipinski definition) is 1. The van der Waals surface area contributed by atoms with Crippen molar-refractivity contribution in [1.29, 1.82) is 0 Å². The summed E-state index contributed by atoms with van der Waals surface area (Å²) in [6.45, 7) is 4.05. The van der Waals surface area contributed by atoms with Crippen LogP contribution in [0.2, 0.25) is 0 Å². The Morgan fingerprint density at radius 1 is 0.960 bits per heavy atom. The van der Waals surface area contributed by atoms with Crippen LogP contribution in [0, 0.1) is 0 Å². The second kappa shape index (κ2) is 9.75. The molecule has 0 aliphatic carbocycles. The molecule has 0 unspecified atom stereocenters. The first kappa shape index (κ1) is 19.7. The van der Waals surface area contributed by atoms with E-state index in [0.29, 0.717) is 0 Å². The van der Waals surface area contributed by atoms with E-state index in [1.54, 1.807) is 6.08 Å². The van der Waals surface area contributed by atoms with E-state index in [1.165, 1.54) is 0 Å². The maximum Gasteiger partial charge on any atom is 0.149 e. The van der Waals surface area contributed by atoms with E-state index >= 15 is 0 Å². The lowest BCUT2D eigenvalue weighted by molar-refractivity contribution is 0.210. The molecule has 2 nitrogen and oxygen atoms in total. The van der Waals surface area contributed by atoms with Crippen LogP contribution in [0.1, 0.15) is 39.5 Å². The Balaban J connectivity index is 2.55. The Morgan fingerprint density at radius 2 is 1.48 bits per heavy atom. The van der Waals surface area contributed by atoms with Crippen molar-refractivity contribution in [3.63, 3.8) is 0 Å². The largest absolute Gasteiger partial charge is 0.388 e. The van der Waals surface area contributed by atoms with E-state index in [9.17, 15) is 9.67 Å². The Hall–Kier alpha value is -1.63. The zero-order chi connectivity index (χ0) is 18.1. The molecule has 0 aromatic heterocycles. The van der Waals surface area contributed by atoms with Crippen molar-refractivity contribution >= 4 is 17.8 Å². The monoisotopic (exact) mass is 356 g/mol. The molecule has 3 heteroatoms. The predicted octanol–water partition coefficient (Wildman–Crippen LogP) is 4.89. The van der Waals surface area contributed by atoms with Gasteiger partial charge in [0, 0.05) is 16.3 Å². The summed E-state index contributed by atoms with van der Waals surface area (Å²) in [4.78, 5) is 0. The summed E-state index contributed by atoms with van der Waals surface area (Å²) >= 11 is 0. The molecule has 0 amide bonds. The molecular formula is C22H29O2P. The third-order valence-electron chi connectivity index (χ3n) is 4.63. The summed E-state index contributed by atoms with van der Waals surface area (Å²) in [5.41, 5.74) is -0.306. The van der Waals surface area contributed by atoms with Gasteiger partial charge in [-0.15, -0.1) is 0 Å². The van der Waals surface area contributed by atoms with Gasteiger partial charge in [-0.3, -0.25) is 0 Å². The molecule has 134 valence electrons. The Morgan fingerprint density at radius 3 is 1.92 bits per heavy atom. The molecule has 25 heavy (non-hydrogen) atoms. The smallest absolute Gasteiger partial charge is 0.149 e. The molecule has 0 radical (unpaired) electrons. The zero-order valence-corrected chi connectivity index (χ0v) is 16.1. The van der Waals surface area contributed by atoms with E-state index in [4.69, 9.17) is 0 Å². The fourth-order valence-corrected chi connectivity index (χ4v) is 6.70. The van der Waals surface area contributed by atoms with Crippen molar-refractivity contribution in [2.24, 2.45) is 0 Å². The van der Waals surface area contributed by atoms with Crippen LogP contribution in [0.15, 0.2) is 72.8 Å². The first-order valence-corrected chi connectivity index (χ1v) is 10.9. The average molecular weight is 356 g/mol. The van der Waals surface area contributed by atoms with Crippen LogP contribution in [0.3, 0.4) is 0 Å². The van der Waals surface area contributed by atoms with E-state index < -0.39 is 13.2 Å². The third-order valence-corrected chi connectivity index (χ3v) is 8.26. The van der Waals surface area contributed by atoms with Gasteiger partial charge in [-0.25, -0.2) is 0 Å². The normalized spacial score (nSPS) is 14.5. The van der Waals surface area contributed by atoms with Gasteiger partial charge in [-0.2, -0.15) is 0 Å². The predicted molar refractivity (Wildman–Crippen MR) is 109 cm³/mol. The highest BCUT2D eigenvalue weighted by Gasteiger charge is 2.39. The molecule has 2 aromatic carbocycles. The first-order chi connectivity index (χ1) is 12.1. The highest BCUT2D eigenvalue weighted by molar-refractivity contribution is 7.79. The van der Waals surface area contributed by atoms with Gasteiger partial charge in [0.2, 0.25) is 0 Å². The van der Waals surface area contributed by atoms with Gasteiger partial charge in [0.1, 0.15) is 7.14 Å². The number of aliphatic hydroxyl groups excluding tert-OH is 1. The molecule has 1 N–H and O–H groups in total. The van der Waals surface area contributed by atoms with Gasteiger partial charge >= 0.3 is 0 Å². The maximum atomic E-state index is 14.4. The van der Waals surface area contributed by atoms with E-state index in [0.717, 1.165) is 36.3 Å². The van der Waals surface area contributed by atoms with Gasteiger partial charge in [0.15, 0.2) is 0 Å². The van der Waals surface area contributed by atoms with Crippen molar-refractivity contribution in [3.05, 3.63) is 72.8 Å². The molecule has 0 fully saturated rings. The summed E-state index contributed by atoms with van der Waals surface area (Å²) < 4.78 is 14.4. The topological polar surface area (TPSA) is 37.3 Å². The molecule has 0 spiro atoms. The van der Waals surface area contributed by atoms with Crippen molar-refractivity contribution in [2.45, 2.75) is 51.3 Å². The minimum atomic E-state index is -2.96. The zero-order valence-electron chi connectivity index (χ0n) is 15.2. The van der Waals surface area contributed by atoms with Crippen LogP contribution >= 0.6 is 7.14 Å². The standard InChI is InChI=1S/C22H29O2P/c1-3-5-8-18-22(21(23)13-4-2)25(24,19-14-9-6-10-15-19)20-16-11-7-12-17-20/h4,6-7,9-17,21-23H,3,5,8,18H2,1-2H3/b13-4+/t21-,22+/m0/s1. The van der Waals surface area contributed by atoms with Crippen LogP contribution in [0.25, 0.3) is 0 Å². The van der Waals surface area contributed by atoms with Crippen molar-refractivity contribution in [1.82, 2.24) is 0 Å². The maximum absolute atomic E-state index is 14.4. The van der Waals surface area contributed by atoms with Crippen molar-refractivity contribution < 1.29 is 9.67 Å². The second-order valence-electron chi connectivity index (χ2n) is 6.41. The highest BCUT2D eigenvalue weighted by atomic mass is 31.2. The minimum Gasteiger partial charge on any atom is -0.388 e. The van der Waals surface area contributed by atoms with E-state index in [-0.39, 0.29) is 5.66 Å². The Kier molecular flexibility index (Phi) is 7.68. The van der Waals surface area contributed by atoms with Gasteiger partial charge in [0.05, 0.1) is 6.10 Å². The molecule has 2 rings (SSSR count). The lowest BCUT2D eigenvalue weighted by atomic mass is 10.1. The number of unbranched alkanes of at least 4 members (excludes halogenated alkanes) is 2. The van der Waals surface area contributed by atoms with E-state index in [1.807, 2.05) is 73.7 Å². The van der Waals surface area contributed by atoms with Crippen LogP contribution < -0.4 is 10.6 Å². The van der Waals surface area contributed by atoms with Crippen molar-refractivity contribution in [2.75, 3.05) is 0 Å². The van der Waals surface area contributed by atoms with Crippen LogP contribution in [0.4, 0.5) is 0 Å². The van der Waals surface area contributed by atoms with E-state index in [2.05, 4.69) is 6.92 Å². The summed E-state index contributed by atoms with van der Waals surface area (Å²) in [6, 6.07) is 19.3. The SMILES string of the molecule is C/C=C/[C@H](O)[C@@H](CCCCC)P(=O)(c1ccccc1)c1ccccc1. The molecule has 0 aliphatic rings. The number of benzene rings is 2. The summed E-state index contributed by atoms with van der Waals surface area (Å²) in [5, 5.41) is 12.5. The van der Waals surface area contributed by atoms with Crippen LogP contribution in [0.5, 0.6) is 0 Å². The van der Waals surface area contributed by atoms with Gasteiger partial charge in [0.25, 0.3) is 0 Å². The number of allylic oxidation sites excluding steroid dienone is 1. The summed E-state index contributed by atoms with van der Waals surface area (Å²) in [6.07, 6.45) is 6.82. The molecule has 0 saturated carbocycles. The van der Waals surface area contributed by atoms with Gasteiger partial charge in [-0.1, -0.05) is 99.0 Å². The van der Waals surface area contributed by atoms with Crippen molar-refractivity contribution in [3.8, 4) is 0 Å². The quantitative estimate of drug-likeness (QED) is 0.395. The third kappa shape index (κ3) is 4.71. The molecule has 0 heterocycles. The van der Waals surface area contributed by atoms with Crippen LogP contribution in [-0.4, -0.2) is 16.9 Å². The van der Waals surface area contributed by atoms with Crippen LogP contribution in [-0.2, 0) is 4.57 Å². The van der Waals surface area contributed by atoms with Gasteiger partial charge < -0.3 is 9.67 Å². The fraction of sp³-hybridized carbons (Fsp3) is 0.364. The Bertz CT molecular complexity index is 651. The lowest BCUT2D eigenvalue weighted by Gasteiger charge is -2.31. The number of rotatable bonds is 9. The number of aliphatic hydroxyl groups is 1. The molecule has 2 aromatic rings. The fourth-order valence-electron chi connectivity index (χ4n) is 3.33. The molecule has 0 saturated heterocycles. The lowest BCUT2D eigenvalue weighted by Crippen LogP contribution is -2.33. The summed E-state index contributed by atoms with van der Waals surface area (Å²) in [5.74, 6) is 0. The molecule has 2 atom stereocenters. The first-order valence-electron chi connectivity index (χ1n) is 9.16. The molecule has 0 aliphatic heterocycles. The number of hydrogen-bond acceptors (Lipinski definition) is 2. The van der Waals surface area contributed by atoms with Gasteiger partial charge in [-0.05, 0) is 13.3 Å². The molecular weight excluding hydrogens is 327 g/mol. The highest BCUT2D eigenvalue weighted by Crippen LogP contribution is 2.52. The average Bonchev–Trinajstić information content (AvgIpc) is 2.66. The molecule has 0 bridgehead atoms. The second-order valence-corrected chi connectivity index (χ2v) is 9.42. The minimum absolute atomic E-state index is 0.306.